The number of hydrogen-bond acceptors (Lipinski definition) is 2. The maximum absolute atomic E-state index is 6.06. The summed E-state index contributed by atoms with van der Waals surface area (Å²) in [6.07, 6.45) is 1.12. The van der Waals surface area contributed by atoms with Gasteiger partial charge in [-0.2, -0.15) is 0 Å². The van der Waals surface area contributed by atoms with E-state index in [4.69, 9.17) is 4.74 Å². The molecule has 0 aliphatic carbocycles. The second kappa shape index (κ2) is 8.35. The van der Waals surface area contributed by atoms with E-state index in [1.807, 2.05) is 12.1 Å². The summed E-state index contributed by atoms with van der Waals surface area (Å²) in [5.41, 5.74) is 3.67. The van der Waals surface area contributed by atoms with Crippen molar-refractivity contribution in [2.45, 2.75) is 46.4 Å². The van der Waals surface area contributed by atoms with Crippen LogP contribution in [-0.2, 0) is 13.2 Å². The molecule has 0 heterocycles. The van der Waals surface area contributed by atoms with Crippen LogP contribution in [0.4, 0.5) is 0 Å². The van der Waals surface area contributed by atoms with Crippen molar-refractivity contribution >= 4 is 15.9 Å². The van der Waals surface area contributed by atoms with Crippen LogP contribution in [0.15, 0.2) is 46.9 Å². The molecule has 2 aromatic rings. The summed E-state index contributed by atoms with van der Waals surface area (Å²) in [5.74, 6) is 0.947. The van der Waals surface area contributed by atoms with Gasteiger partial charge in [0.1, 0.15) is 12.4 Å². The first-order chi connectivity index (χ1) is 10.6. The van der Waals surface area contributed by atoms with Gasteiger partial charge in [-0.15, -0.1) is 0 Å². The van der Waals surface area contributed by atoms with Gasteiger partial charge in [-0.25, -0.2) is 0 Å². The van der Waals surface area contributed by atoms with Gasteiger partial charge in [0.2, 0.25) is 0 Å². The molecule has 2 nitrogen and oxygen atoms in total. The highest BCUT2D eigenvalue weighted by Crippen LogP contribution is 2.24. The zero-order valence-corrected chi connectivity index (χ0v) is 15.1. The first-order valence-electron chi connectivity index (χ1n) is 7.79. The Labute approximate surface area is 142 Å². The van der Waals surface area contributed by atoms with Crippen molar-refractivity contribution in [3.8, 4) is 5.75 Å². The molecule has 0 aromatic heterocycles. The Bertz CT molecular complexity index is 612. The van der Waals surface area contributed by atoms with E-state index < -0.39 is 0 Å². The van der Waals surface area contributed by atoms with Crippen molar-refractivity contribution in [1.82, 2.24) is 5.32 Å². The molecule has 0 amide bonds. The summed E-state index contributed by atoms with van der Waals surface area (Å²) in [4.78, 5) is 0. The summed E-state index contributed by atoms with van der Waals surface area (Å²) in [7, 11) is 0. The molecule has 0 saturated carbocycles. The quantitative estimate of drug-likeness (QED) is 0.729. The minimum Gasteiger partial charge on any atom is -0.489 e. The van der Waals surface area contributed by atoms with E-state index in [0.717, 1.165) is 23.2 Å². The Morgan fingerprint density at radius 1 is 1.14 bits per heavy atom. The third-order valence-electron chi connectivity index (χ3n) is 3.92. The Morgan fingerprint density at radius 3 is 2.64 bits per heavy atom. The van der Waals surface area contributed by atoms with Gasteiger partial charge in [0, 0.05) is 22.6 Å². The Hall–Kier alpha value is -1.32. The van der Waals surface area contributed by atoms with Crippen molar-refractivity contribution in [3.05, 3.63) is 63.6 Å². The lowest BCUT2D eigenvalue weighted by Gasteiger charge is -2.16. The maximum Gasteiger partial charge on any atom is 0.124 e. The first kappa shape index (κ1) is 17.0. The fourth-order valence-corrected chi connectivity index (χ4v) is 2.59. The fourth-order valence-electron chi connectivity index (χ4n) is 2.18. The molecule has 0 spiro atoms. The van der Waals surface area contributed by atoms with Gasteiger partial charge in [0.05, 0.1) is 0 Å². The van der Waals surface area contributed by atoms with Crippen molar-refractivity contribution in [1.29, 1.82) is 0 Å². The fraction of sp³-hybridized carbons (Fsp3) is 0.368. The first-order valence-corrected chi connectivity index (χ1v) is 8.58. The largest absolute Gasteiger partial charge is 0.489 e. The highest BCUT2D eigenvalue weighted by Gasteiger charge is 2.07. The van der Waals surface area contributed by atoms with Crippen LogP contribution >= 0.6 is 15.9 Å². The second-order valence-electron chi connectivity index (χ2n) is 5.66. The summed E-state index contributed by atoms with van der Waals surface area (Å²) < 4.78 is 7.14. The summed E-state index contributed by atoms with van der Waals surface area (Å²) in [6.45, 7) is 7.92. The Balaban J connectivity index is 2.08. The predicted molar refractivity (Wildman–Crippen MR) is 96.2 cm³/mol. The van der Waals surface area contributed by atoms with E-state index >= 15 is 0 Å². The standard InChI is InChI=1S/C19H24BrNO/c1-4-15(3)21-12-17-11-18(20)9-10-19(17)22-13-16-8-6-5-7-14(16)2/h5-11,15,21H,4,12-13H2,1-3H3/t15-/m0/s1. The molecule has 1 atom stereocenters. The van der Waals surface area contributed by atoms with Crippen LogP contribution in [0.1, 0.15) is 37.0 Å². The van der Waals surface area contributed by atoms with Gasteiger partial charge in [-0.1, -0.05) is 47.1 Å². The second-order valence-corrected chi connectivity index (χ2v) is 6.57. The molecule has 0 saturated heterocycles. The number of aryl methyl sites for hydroxylation is 1. The third kappa shape index (κ3) is 4.85. The van der Waals surface area contributed by atoms with Crippen LogP contribution in [0, 0.1) is 6.92 Å². The van der Waals surface area contributed by atoms with Gasteiger partial charge >= 0.3 is 0 Å². The molecule has 0 bridgehead atoms. The van der Waals surface area contributed by atoms with Gasteiger partial charge in [0.25, 0.3) is 0 Å². The highest BCUT2D eigenvalue weighted by molar-refractivity contribution is 9.10. The number of halogens is 1. The van der Waals surface area contributed by atoms with Gasteiger partial charge < -0.3 is 10.1 Å². The van der Waals surface area contributed by atoms with Gasteiger partial charge in [0.15, 0.2) is 0 Å². The normalized spacial score (nSPS) is 12.2. The molecular weight excluding hydrogens is 338 g/mol. The Morgan fingerprint density at radius 2 is 1.91 bits per heavy atom. The Kier molecular flexibility index (Phi) is 6.47. The SMILES string of the molecule is CC[C@H](C)NCc1cc(Br)ccc1OCc1ccccc1C. The topological polar surface area (TPSA) is 21.3 Å². The van der Waals surface area contributed by atoms with Crippen LogP contribution in [0.25, 0.3) is 0 Å². The molecule has 0 aliphatic rings. The summed E-state index contributed by atoms with van der Waals surface area (Å²) in [5, 5.41) is 3.52. The maximum atomic E-state index is 6.06. The lowest BCUT2D eigenvalue weighted by atomic mass is 10.1. The lowest BCUT2D eigenvalue weighted by molar-refractivity contribution is 0.300. The zero-order valence-electron chi connectivity index (χ0n) is 13.5. The van der Waals surface area contributed by atoms with Crippen molar-refractivity contribution in [3.63, 3.8) is 0 Å². The molecule has 2 rings (SSSR count). The van der Waals surface area contributed by atoms with Crippen LogP contribution in [0.3, 0.4) is 0 Å². The number of hydrogen-bond donors (Lipinski definition) is 1. The summed E-state index contributed by atoms with van der Waals surface area (Å²) in [6, 6.07) is 15.0. The average Bonchev–Trinajstić information content (AvgIpc) is 2.53. The third-order valence-corrected chi connectivity index (χ3v) is 4.41. The van der Waals surface area contributed by atoms with Crippen molar-refractivity contribution in [2.24, 2.45) is 0 Å². The molecule has 0 radical (unpaired) electrons. The minimum atomic E-state index is 0.503. The minimum absolute atomic E-state index is 0.503. The molecular formula is C19H24BrNO. The number of ether oxygens (including phenoxy) is 1. The molecule has 1 N–H and O–H groups in total. The van der Waals surface area contributed by atoms with E-state index in [-0.39, 0.29) is 0 Å². The van der Waals surface area contributed by atoms with E-state index in [1.54, 1.807) is 0 Å². The van der Waals surface area contributed by atoms with E-state index in [2.05, 4.69) is 72.3 Å². The highest BCUT2D eigenvalue weighted by atomic mass is 79.9. The smallest absolute Gasteiger partial charge is 0.124 e. The van der Waals surface area contributed by atoms with Crippen LogP contribution in [0.2, 0.25) is 0 Å². The van der Waals surface area contributed by atoms with Crippen LogP contribution in [-0.4, -0.2) is 6.04 Å². The average molecular weight is 362 g/mol. The lowest BCUT2D eigenvalue weighted by Crippen LogP contribution is -2.24. The predicted octanol–water partition coefficient (Wildman–Crippen LogP) is 5.22. The van der Waals surface area contributed by atoms with E-state index in [9.17, 15) is 0 Å². The van der Waals surface area contributed by atoms with Gasteiger partial charge in [-0.05, 0) is 49.6 Å². The zero-order chi connectivity index (χ0) is 15.9. The van der Waals surface area contributed by atoms with Crippen molar-refractivity contribution < 1.29 is 4.74 Å². The van der Waals surface area contributed by atoms with Crippen LogP contribution in [0.5, 0.6) is 5.75 Å². The molecule has 22 heavy (non-hydrogen) atoms. The summed E-state index contributed by atoms with van der Waals surface area (Å²) >= 11 is 3.54. The number of nitrogens with one attached hydrogen (secondary N) is 1. The molecule has 0 fully saturated rings. The van der Waals surface area contributed by atoms with E-state index in [1.165, 1.54) is 16.7 Å². The number of benzene rings is 2. The monoisotopic (exact) mass is 361 g/mol. The van der Waals surface area contributed by atoms with Gasteiger partial charge in [-0.3, -0.25) is 0 Å². The van der Waals surface area contributed by atoms with E-state index in [0.29, 0.717) is 12.6 Å². The number of rotatable bonds is 7. The molecule has 118 valence electrons. The molecule has 3 heteroatoms. The molecule has 0 unspecified atom stereocenters. The van der Waals surface area contributed by atoms with Crippen LogP contribution < -0.4 is 10.1 Å². The molecule has 0 aliphatic heterocycles. The molecule has 2 aromatic carbocycles. The van der Waals surface area contributed by atoms with Crippen molar-refractivity contribution in [2.75, 3.05) is 0 Å².